The van der Waals surface area contributed by atoms with Gasteiger partial charge in [-0.1, -0.05) is 13.0 Å². The van der Waals surface area contributed by atoms with E-state index in [0.29, 0.717) is 25.8 Å². The fourth-order valence-corrected chi connectivity index (χ4v) is 8.01. The lowest BCUT2D eigenvalue weighted by molar-refractivity contribution is -0.151. The molecule has 2 amide bonds. The van der Waals surface area contributed by atoms with E-state index in [2.05, 4.69) is 6.58 Å². The van der Waals surface area contributed by atoms with Gasteiger partial charge in [0.25, 0.3) is 0 Å². The first kappa shape index (κ1) is 22.2. The molecular weight excluding hydrogens is 392 g/mol. The Morgan fingerprint density at radius 1 is 1.41 bits per heavy atom. The Balaban J connectivity index is 2.15. The van der Waals surface area contributed by atoms with Crippen molar-refractivity contribution in [3.63, 3.8) is 0 Å². The van der Waals surface area contributed by atoms with Crippen molar-refractivity contribution in [2.45, 2.75) is 74.6 Å². The van der Waals surface area contributed by atoms with Crippen molar-refractivity contribution in [1.29, 1.82) is 0 Å². The molecular formula is C21H32N2O5S. The number of aliphatic hydroxyl groups is 1. The van der Waals surface area contributed by atoms with Gasteiger partial charge in [-0.3, -0.25) is 14.4 Å². The van der Waals surface area contributed by atoms with Crippen LogP contribution in [0.4, 0.5) is 0 Å². The number of carbonyl (C=O) groups excluding carboxylic acids is 2. The van der Waals surface area contributed by atoms with E-state index >= 15 is 0 Å². The van der Waals surface area contributed by atoms with E-state index in [1.807, 2.05) is 27.7 Å². The maximum absolute atomic E-state index is 13.8. The van der Waals surface area contributed by atoms with Crippen LogP contribution in [0.3, 0.4) is 0 Å². The number of fused-ring (bicyclic) bond motifs is 1. The monoisotopic (exact) mass is 424 g/mol. The van der Waals surface area contributed by atoms with E-state index in [-0.39, 0.29) is 24.5 Å². The van der Waals surface area contributed by atoms with Crippen LogP contribution < -0.4 is 0 Å². The van der Waals surface area contributed by atoms with Gasteiger partial charge in [-0.2, -0.15) is 0 Å². The number of carboxylic acid groups (broad SMARTS) is 1. The molecule has 3 fully saturated rings. The number of hydrogen-bond donors (Lipinski definition) is 2. The van der Waals surface area contributed by atoms with E-state index in [0.717, 1.165) is 0 Å². The van der Waals surface area contributed by atoms with Gasteiger partial charge in [0.1, 0.15) is 6.04 Å². The SMILES string of the molecule is C=CCN(C(=O)C1N([C@@H](CC)CO)C(=O)[C@@H]2[C@@H](C(=O)O)[C@@]3(C)CCC12S3)C(C)C. The number of thioether (sulfide) groups is 1. The number of aliphatic carboxylic acids is 1. The summed E-state index contributed by atoms with van der Waals surface area (Å²) in [6.45, 7) is 11.5. The molecule has 0 aromatic rings. The first-order valence-corrected chi connectivity index (χ1v) is 11.2. The van der Waals surface area contributed by atoms with Crippen molar-refractivity contribution in [2.24, 2.45) is 11.8 Å². The smallest absolute Gasteiger partial charge is 0.308 e. The third-order valence-electron chi connectivity index (χ3n) is 7.02. The van der Waals surface area contributed by atoms with Gasteiger partial charge in [0.2, 0.25) is 11.8 Å². The van der Waals surface area contributed by atoms with E-state index in [1.54, 1.807) is 11.0 Å². The fourth-order valence-electron chi connectivity index (χ4n) is 5.68. The zero-order valence-corrected chi connectivity index (χ0v) is 18.4. The van der Waals surface area contributed by atoms with Crippen LogP contribution in [0.25, 0.3) is 0 Å². The summed E-state index contributed by atoms with van der Waals surface area (Å²) >= 11 is 1.52. The third-order valence-corrected chi connectivity index (χ3v) is 9.01. The van der Waals surface area contributed by atoms with E-state index in [4.69, 9.17) is 0 Å². The summed E-state index contributed by atoms with van der Waals surface area (Å²) in [5.41, 5.74) is 0. The van der Waals surface area contributed by atoms with Crippen molar-refractivity contribution in [1.82, 2.24) is 9.80 Å². The Bertz CT molecular complexity index is 724. The van der Waals surface area contributed by atoms with Gasteiger partial charge in [0.05, 0.1) is 29.2 Å². The maximum Gasteiger partial charge on any atom is 0.308 e. The second kappa shape index (κ2) is 7.61. The zero-order valence-electron chi connectivity index (χ0n) is 17.6. The molecule has 3 heterocycles. The molecule has 7 nitrogen and oxygen atoms in total. The Morgan fingerprint density at radius 2 is 2.07 bits per heavy atom. The fraction of sp³-hybridized carbons (Fsp3) is 0.762. The number of nitrogens with zero attached hydrogens (tertiary/aromatic N) is 2. The van der Waals surface area contributed by atoms with Crippen molar-refractivity contribution >= 4 is 29.5 Å². The molecule has 1 spiro atoms. The highest BCUT2D eigenvalue weighted by Crippen LogP contribution is 2.71. The van der Waals surface area contributed by atoms with Gasteiger partial charge in [-0.15, -0.1) is 18.3 Å². The normalized spacial score (nSPS) is 36.4. The van der Waals surface area contributed by atoms with Gasteiger partial charge in [0, 0.05) is 17.3 Å². The summed E-state index contributed by atoms with van der Waals surface area (Å²) in [4.78, 5) is 42.8. The minimum Gasteiger partial charge on any atom is -0.481 e. The summed E-state index contributed by atoms with van der Waals surface area (Å²) < 4.78 is -1.32. The second-order valence-electron chi connectivity index (χ2n) is 8.93. The number of aliphatic hydroxyl groups excluding tert-OH is 1. The Labute approximate surface area is 176 Å². The molecule has 3 saturated heterocycles. The van der Waals surface area contributed by atoms with Crippen LogP contribution in [-0.2, 0) is 14.4 Å². The lowest BCUT2D eigenvalue weighted by atomic mass is 9.66. The molecule has 3 rings (SSSR count). The predicted molar refractivity (Wildman–Crippen MR) is 111 cm³/mol. The highest BCUT2D eigenvalue weighted by Gasteiger charge is 2.78. The summed E-state index contributed by atoms with van der Waals surface area (Å²) in [6.07, 6.45) is 3.45. The molecule has 0 saturated carbocycles. The molecule has 2 unspecified atom stereocenters. The lowest BCUT2D eigenvalue weighted by Crippen LogP contribution is -2.58. The molecule has 8 heteroatoms. The topological polar surface area (TPSA) is 98.2 Å². The quantitative estimate of drug-likeness (QED) is 0.576. The minimum absolute atomic E-state index is 0.0865. The second-order valence-corrected chi connectivity index (χ2v) is 10.8. The molecule has 3 aliphatic heterocycles. The number of amides is 2. The van der Waals surface area contributed by atoms with Crippen molar-refractivity contribution in [3.8, 4) is 0 Å². The number of hydrogen-bond acceptors (Lipinski definition) is 5. The first-order valence-electron chi connectivity index (χ1n) is 10.4. The van der Waals surface area contributed by atoms with Crippen LogP contribution in [0.2, 0.25) is 0 Å². The standard InChI is InChI=1S/C21H32N2O5S/c1-6-10-22(12(3)4)18(26)16-21-9-8-20(5,29-21)15(19(27)28)14(21)17(25)23(16)13(7-2)11-24/h6,12-16,24H,1,7-11H2,2-5H3,(H,27,28)/t13-,14-,15-,16?,20+,21?/m0/s1. The molecule has 162 valence electrons. The van der Waals surface area contributed by atoms with E-state index < -0.39 is 39.4 Å². The van der Waals surface area contributed by atoms with Crippen molar-refractivity contribution < 1.29 is 24.6 Å². The molecule has 29 heavy (non-hydrogen) atoms. The van der Waals surface area contributed by atoms with Gasteiger partial charge in [-0.05, 0) is 40.0 Å². The van der Waals surface area contributed by atoms with Crippen LogP contribution in [0.1, 0.15) is 47.0 Å². The largest absolute Gasteiger partial charge is 0.481 e. The van der Waals surface area contributed by atoms with Crippen LogP contribution >= 0.6 is 11.8 Å². The van der Waals surface area contributed by atoms with Crippen molar-refractivity contribution in [3.05, 3.63) is 12.7 Å². The predicted octanol–water partition coefficient (Wildman–Crippen LogP) is 1.75. The summed E-state index contributed by atoms with van der Waals surface area (Å²) in [7, 11) is 0. The Kier molecular flexibility index (Phi) is 5.82. The minimum atomic E-state index is -0.975. The average molecular weight is 425 g/mol. The maximum atomic E-state index is 13.8. The Morgan fingerprint density at radius 3 is 2.55 bits per heavy atom. The highest BCUT2D eigenvalue weighted by molar-refractivity contribution is 8.02. The van der Waals surface area contributed by atoms with E-state index in [9.17, 15) is 24.6 Å². The van der Waals surface area contributed by atoms with Crippen LogP contribution in [0, 0.1) is 11.8 Å². The van der Waals surface area contributed by atoms with Gasteiger partial charge in [0.15, 0.2) is 0 Å². The third kappa shape index (κ3) is 3.02. The summed E-state index contributed by atoms with van der Waals surface area (Å²) in [6, 6.07) is -1.36. The van der Waals surface area contributed by atoms with Gasteiger partial charge < -0.3 is 20.0 Å². The number of rotatable bonds is 8. The first-order chi connectivity index (χ1) is 13.6. The molecule has 0 radical (unpaired) electrons. The lowest BCUT2D eigenvalue weighted by Gasteiger charge is -2.40. The summed E-state index contributed by atoms with van der Waals surface area (Å²) in [5.74, 6) is -3.01. The molecule has 2 N–H and O–H groups in total. The molecule has 2 bridgehead atoms. The number of likely N-dealkylation sites (tertiary alicyclic amines) is 1. The van der Waals surface area contributed by atoms with Crippen molar-refractivity contribution in [2.75, 3.05) is 13.2 Å². The number of carboxylic acids is 1. The molecule has 0 aromatic carbocycles. The van der Waals surface area contributed by atoms with E-state index in [1.165, 1.54) is 16.7 Å². The molecule has 0 aromatic heterocycles. The van der Waals surface area contributed by atoms with Crippen LogP contribution in [0.15, 0.2) is 12.7 Å². The summed E-state index contributed by atoms with van der Waals surface area (Å²) in [5, 5.41) is 19.9. The van der Waals surface area contributed by atoms with Crippen LogP contribution in [0.5, 0.6) is 0 Å². The molecule has 0 aliphatic carbocycles. The van der Waals surface area contributed by atoms with Gasteiger partial charge in [-0.25, -0.2) is 0 Å². The number of carbonyl (C=O) groups is 3. The zero-order chi connectivity index (χ0) is 21.7. The highest BCUT2D eigenvalue weighted by atomic mass is 32.2. The molecule has 3 aliphatic rings. The van der Waals surface area contributed by atoms with Gasteiger partial charge >= 0.3 is 5.97 Å². The Hall–Kier alpha value is -1.54. The molecule has 6 atom stereocenters. The average Bonchev–Trinajstić information content (AvgIpc) is 3.21. The van der Waals surface area contributed by atoms with Crippen LogP contribution in [-0.4, -0.2) is 78.6 Å².